The minimum absolute atomic E-state index is 0.544. The van der Waals surface area contributed by atoms with E-state index in [0.29, 0.717) is 31.4 Å². The minimum atomic E-state index is -3.60. The number of halogens is 1. The summed E-state index contributed by atoms with van der Waals surface area (Å²) in [5.41, 5.74) is 3.82. The number of hydrogen-bond acceptors (Lipinski definition) is 5. The standard InChI is InChI=1S/C47H48ClO5P/c1-50-46-34-40(36-54(48,43-16-8-5-9-17-43,44-18-10-6-11-19-44)45-20-12-7-13-21-45)47(51-2)33-39(46)32-37-22-26-41(27-23-37)52-30-14-3-4-15-31-53-42-28-24-38(35-49)25-29-42/h5-13,16-29,33-35H,3-4,14-15,30-32,36H2,1-2H3. The third-order valence-electron chi connectivity index (χ3n) is 9.94. The quantitative estimate of drug-likeness (QED) is 0.0468. The van der Waals surface area contributed by atoms with E-state index in [0.717, 1.165) is 87.6 Å². The zero-order chi connectivity index (χ0) is 37.7. The Balaban J connectivity index is 1.13. The van der Waals surface area contributed by atoms with E-state index in [1.54, 1.807) is 26.4 Å². The van der Waals surface area contributed by atoms with E-state index < -0.39 is 5.96 Å². The third kappa shape index (κ3) is 8.81. The molecule has 0 aliphatic heterocycles. The summed E-state index contributed by atoms with van der Waals surface area (Å²) in [6.45, 7) is 1.33. The maximum absolute atomic E-state index is 10.8. The van der Waals surface area contributed by atoms with Crippen molar-refractivity contribution in [2.75, 3.05) is 27.4 Å². The van der Waals surface area contributed by atoms with Gasteiger partial charge in [-0.15, -0.1) is 0 Å². The van der Waals surface area contributed by atoms with Crippen LogP contribution in [0.15, 0.2) is 152 Å². The van der Waals surface area contributed by atoms with Crippen LogP contribution in [0.5, 0.6) is 23.0 Å². The van der Waals surface area contributed by atoms with Gasteiger partial charge < -0.3 is 4.74 Å². The van der Waals surface area contributed by atoms with Crippen molar-refractivity contribution in [3.63, 3.8) is 0 Å². The van der Waals surface area contributed by atoms with Crippen molar-refractivity contribution in [3.05, 3.63) is 174 Å². The molecule has 54 heavy (non-hydrogen) atoms. The van der Waals surface area contributed by atoms with Gasteiger partial charge in [0.15, 0.2) is 0 Å². The van der Waals surface area contributed by atoms with Gasteiger partial charge in [-0.05, 0) is 49.9 Å². The van der Waals surface area contributed by atoms with Crippen molar-refractivity contribution in [2.45, 2.75) is 38.3 Å². The molecule has 0 bridgehead atoms. The molecule has 0 radical (unpaired) electrons. The molecule has 0 saturated carbocycles. The van der Waals surface area contributed by atoms with Gasteiger partial charge in [0.2, 0.25) is 0 Å². The van der Waals surface area contributed by atoms with E-state index in [-0.39, 0.29) is 0 Å². The van der Waals surface area contributed by atoms with Gasteiger partial charge in [0.1, 0.15) is 12.0 Å². The molecule has 0 N–H and O–H groups in total. The van der Waals surface area contributed by atoms with Crippen molar-refractivity contribution in [2.24, 2.45) is 0 Å². The molecule has 0 aliphatic carbocycles. The van der Waals surface area contributed by atoms with E-state index >= 15 is 0 Å². The molecule has 6 aromatic carbocycles. The number of methoxy groups -OCH3 is 2. The van der Waals surface area contributed by atoms with Crippen molar-refractivity contribution in [1.29, 1.82) is 0 Å². The summed E-state index contributed by atoms with van der Waals surface area (Å²) in [6.07, 6.45) is 6.14. The summed E-state index contributed by atoms with van der Waals surface area (Å²) < 4.78 is 24.0. The molecule has 5 nitrogen and oxygen atoms in total. The first-order valence-electron chi connectivity index (χ1n) is 18.5. The Morgan fingerprint density at radius 2 is 0.963 bits per heavy atom. The molecule has 0 aliphatic rings. The van der Waals surface area contributed by atoms with Crippen molar-refractivity contribution in [3.8, 4) is 23.0 Å². The normalized spacial score (nSPS) is 11.9. The second kappa shape index (κ2) is 18.3. The van der Waals surface area contributed by atoms with Crippen LogP contribution in [0.3, 0.4) is 0 Å². The molecule has 0 aromatic heterocycles. The topological polar surface area (TPSA) is 54.0 Å². The Hall–Kier alpha value is -5.09. The molecule has 0 amide bonds. The Morgan fingerprint density at radius 1 is 0.537 bits per heavy atom. The summed E-state index contributed by atoms with van der Waals surface area (Å²) in [5.74, 6) is -0.378. The number of rotatable bonds is 19. The van der Waals surface area contributed by atoms with Gasteiger partial charge in [0.05, 0.1) is 6.61 Å². The summed E-state index contributed by atoms with van der Waals surface area (Å²) in [7, 11) is 3.45. The number of unbranched alkanes of at least 4 members (excludes halogenated alkanes) is 3. The Kier molecular flexibility index (Phi) is 13.1. The van der Waals surface area contributed by atoms with Crippen molar-refractivity contribution >= 4 is 39.4 Å². The van der Waals surface area contributed by atoms with Crippen LogP contribution in [0.25, 0.3) is 0 Å². The van der Waals surface area contributed by atoms with E-state index in [4.69, 9.17) is 30.2 Å². The first kappa shape index (κ1) is 38.6. The molecule has 0 saturated heterocycles. The average Bonchev–Trinajstić information content (AvgIpc) is 3.24. The molecule has 0 fully saturated rings. The predicted molar refractivity (Wildman–Crippen MR) is 225 cm³/mol. The fourth-order valence-electron chi connectivity index (χ4n) is 7.05. The number of carbonyl (C=O) groups is 1. The molecule has 278 valence electrons. The van der Waals surface area contributed by atoms with Gasteiger partial charge in [-0.2, -0.15) is 0 Å². The number of carbonyl (C=O) groups excluding carboxylic acids is 1. The summed E-state index contributed by atoms with van der Waals surface area (Å²) in [4.78, 5) is 10.8. The van der Waals surface area contributed by atoms with Crippen LogP contribution in [0.1, 0.15) is 52.7 Å². The van der Waals surface area contributed by atoms with E-state index in [1.165, 1.54) is 0 Å². The zero-order valence-electron chi connectivity index (χ0n) is 31.0. The molecule has 7 heteroatoms. The van der Waals surface area contributed by atoms with Crippen LogP contribution in [-0.2, 0) is 12.6 Å². The second-order valence-corrected chi connectivity index (χ2v) is 19.9. The summed E-state index contributed by atoms with van der Waals surface area (Å²) >= 11 is 8.43. The number of hydrogen-bond donors (Lipinski definition) is 0. The van der Waals surface area contributed by atoms with Crippen LogP contribution in [0, 0.1) is 0 Å². The maximum atomic E-state index is 10.8. The van der Waals surface area contributed by atoms with Gasteiger partial charge in [0, 0.05) is 5.56 Å². The van der Waals surface area contributed by atoms with Crippen LogP contribution in [0.4, 0.5) is 0 Å². The van der Waals surface area contributed by atoms with Crippen LogP contribution < -0.4 is 34.9 Å². The number of aldehydes is 1. The Labute approximate surface area is 324 Å². The fraction of sp³-hybridized carbons (Fsp3) is 0.213. The third-order valence-corrected chi connectivity index (χ3v) is 17.1. The summed E-state index contributed by atoms with van der Waals surface area (Å²) in [5, 5.41) is 3.29. The van der Waals surface area contributed by atoms with Gasteiger partial charge in [0.25, 0.3) is 0 Å². The van der Waals surface area contributed by atoms with Gasteiger partial charge >= 0.3 is 242 Å². The number of ether oxygens (including phenoxy) is 4. The van der Waals surface area contributed by atoms with E-state index in [1.807, 2.05) is 42.5 Å². The molecule has 0 atom stereocenters. The SMILES string of the molecule is COc1cc(CP(Cl)(c2ccccc2)(c2ccccc2)c2ccccc2)c(OC)cc1Cc1ccc(OCCCCCCOc2ccc(C=O)cc2)cc1. The zero-order valence-corrected chi connectivity index (χ0v) is 32.7. The van der Waals surface area contributed by atoms with Gasteiger partial charge in [-0.1, -0.05) is 0 Å². The monoisotopic (exact) mass is 758 g/mol. The van der Waals surface area contributed by atoms with Crippen LogP contribution in [0.2, 0.25) is 0 Å². The molecule has 0 unspecified atom stereocenters. The molecule has 6 rings (SSSR count). The molecule has 0 heterocycles. The Morgan fingerprint density at radius 3 is 1.41 bits per heavy atom. The van der Waals surface area contributed by atoms with Crippen LogP contribution in [-0.4, -0.2) is 33.7 Å². The molecular formula is C47H48ClO5P. The average molecular weight is 759 g/mol. The van der Waals surface area contributed by atoms with Crippen molar-refractivity contribution < 1.29 is 23.7 Å². The second-order valence-electron chi connectivity index (χ2n) is 13.4. The van der Waals surface area contributed by atoms with Crippen molar-refractivity contribution in [1.82, 2.24) is 0 Å². The summed E-state index contributed by atoms with van der Waals surface area (Å²) in [6, 6.07) is 51.2. The molecular weight excluding hydrogens is 711 g/mol. The van der Waals surface area contributed by atoms with Gasteiger partial charge in [-0.3, -0.25) is 4.79 Å². The Bertz CT molecular complexity index is 1970. The van der Waals surface area contributed by atoms with E-state index in [2.05, 4.69) is 97.1 Å². The molecule has 6 aromatic rings. The first-order valence-corrected chi connectivity index (χ1v) is 21.8. The first-order chi connectivity index (χ1) is 26.4. The predicted octanol–water partition coefficient (Wildman–Crippen LogP) is 10.3. The van der Waals surface area contributed by atoms with Gasteiger partial charge in [-0.25, -0.2) is 0 Å². The van der Waals surface area contributed by atoms with E-state index in [9.17, 15) is 4.79 Å². The fourth-order valence-corrected chi connectivity index (χ4v) is 13.2. The number of benzene rings is 6. The molecule has 0 spiro atoms. The van der Waals surface area contributed by atoms with Crippen LogP contribution >= 0.6 is 17.2 Å².